The van der Waals surface area contributed by atoms with Crippen LogP contribution in [-0.2, 0) is 4.79 Å². The Hall–Kier alpha value is -1.96. The highest BCUT2D eigenvalue weighted by Crippen LogP contribution is 2.25. The fourth-order valence-corrected chi connectivity index (χ4v) is 4.38. The van der Waals surface area contributed by atoms with Crippen LogP contribution in [0.4, 0.5) is 5.69 Å². The van der Waals surface area contributed by atoms with Crippen molar-refractivity contribution >= 4 is 46.9 Å². The van der Waals surface area contributed by atoms with Gasteiger partial charge < -0.3 is 5.32 Å². The van der Waals surface area contributed by atoms with Crippen LogP contribution in [-0.4, -0.2) is 21.4 Å². The number of para-hydroxylation sites is 1. The Balaban J connectivity index is 1.65. The van der Waals surface area contributed by atoms with E-state index in [1.807, 2.05) is 62.4 Å². The first-order valence-electron chi connectivity index (χ1n) is 7.68. The summed E-state index contributed by atoms with van der Waals surface area (Å²) in [7, 11) is 0. The molecule has 3 rings (SSSR count). The van der Waals surface area contributed by atoms with E-state index < -0.39 is 0 Å². The third-order valence-electron chi connectivity index (χ3n) is 3.53. The van der Waals surface area contributed by atoms with Crippen LogP contribution in [0, 0.1) is 17.8 Å². The van der Waals surface area contributed by atoms with Crippen molar-refractivity contribution < 1.29 is 4.79 Å². The van der Waals surface area contributed by atoms with E-state index in [-0.39, 0.29) is 5.91 Å². The van der Waals surface area contributed by atoms with Gasteiger partial charge in [-0.2, -0.15) is 0 Å². The van der Waals surface area contributed by atoms with Gasteiger partial charge in [0.15, 0.2) is 8.29 Å². The summed E-state index contributed by atoms with van der Waals surface area (Å²) in [6.07, 6.45) is 0. The molecule has 0 saturated carbocycles. The third kappa shape index (κ3) is 4.56. The predicted molar refractivity (Wildman–Crippen MR) is 108 cm³/mol. The molecule has 1 amide bonds. The predicted octanol–water partition coefficient (Wildman–Crippen LogP) is 5.01. The second-order valence-electron chi connectivity index (χ2n) is 5.54. The number of rotatable bonds is 5. The number of nitrogens with one attached hydrogen (secondary N) is 1. The van der Waals surface area contributed by atoms with Gasteiger partial charge in [0.25, 0.3) is 0 Å². The number of hydrogen-bond donors (Lipinski definition) is 1. The van der Waals surface area contributed by atoms with E-state index in [0.717, 1.165) is 26.8 Å². The number of aryl methyl sites for hydroxylation is 2. The van der Waals surface area contributed by atoms with Gasteiger partial charge in [0.1, 0.15) is 0 Å². The molecule has 0 aliphatic carbocycles. The van der Waals surface area contributed by atoms with Gasteiger partial charge >= 0.3 is 0 Å². The standard InChI is InChI=1S/C18H17N3OS3/c1-12-7-9-14(10-8-12)19-16(22)11-24-17-20-21(18(23)25-17)15-6-4-3-5-13(15)2/h3-10H,11H2,1-2H3,(H,19,22). The molecule has 2 aromatic carbocycles. The molecule has 1 N–H and O–H groups in total. The van der Waals surface area contributed by atoms with E-state index in [4.69, 9.17) is 12.2 Å². The Morgan fingerprint density at radius 3 is 2.64 bits per heavy atom. The molecular formula is C18H17N3OS3. The van der Waals surface area contributed by atoms with E-state index in [0.29, 0.717) is 9.71 Å². The van der Waals surface area contributed by atoms with Gasteiger partial charge in [-0.15, -0.1) is 5.10 Å². The van der Waals surface area contributed by atoms with Crippen molar-refractivity contribution in [3.8, 4) is 5.69 Å². The molecule has 0 atom stereocenters. The van der Waals surface area contributed by atoms with Crippen molar-refractivity contribution in [1.82, 2.24) is 9.78 Å². The lowest BCUT2D eigenvalue weighted by Crippen LogP contribution is -2.13. The monoisotopic (exact) mass is 387 g/mol. The number of carbonyl (C=O) groups is 1. The first kappa shape index (κ1) is 17.8. The van der Waals surface area contributed by atoms with Crippen LogP contribution in [0.2, 0.25) is 0 Å². The van der Waals surface area contributed by atoms with Crippen LogP contribution in [0.1, 0.15) is 11.1 Å². The topological polar surface area (TPSA) is 46.9 Å². The lowest BCUT2D eigenvalue weighted by Gasteiger charge is -2.05. The van der Waals surface area contributed by atoms with Crippen molar-refractivity contribution in [2.24, 2.45) is 0 Å². The largest absolute Gasteiger partial charge is 0.325 e. The molecule has 7 heteroatoms. The van der Waals surface area contributed by atoms with Crippen molar-refractivity contribution in [2.75, 3.05) is 11.1 Å². The summed E-state index contributed by atoms with van der Waals surface area (Å²) in [6.45, 7) is 4.04. The average molecular weight is 388 g/mol. The smallest absolute Gasteiger partial charge is 0.234 e. The van der Waals surface area contributed by atoms with E-state index in [1.54, 1.807) is 4.68 Å². The van der Waals surface area contributed by atoms with Gasteiger partial charge in [0.2, 0.25) is 5.91 Å². The number of amides is 1. The van der Waals surface area contributed by atoms with E-state index >= 15 is 0 Å². The SMILES string of the molecule is Cc1ccc(NC(=O)CSc2nn(-c3ccccc3C)c(=S)s2)cc1. The number of aromatic nitrogens is 2. The van der Waals surface area contributed by atoms with Crippen LogP contribution < -0.4 is 5.32 Å². The summed E-state index contributed by atoms with van der Waals surface area (Å²) < 4.78 is 3.22. The summed E-state index contributed by atoms with van der Waals surface area (Å²) in [5, 5.41) is 7.43. The van der Waals surface area contributed by atoms with Gasteiger partial charge in [0, 0.05) is 5.69 Å². The van der Waals surface area contributed by atoms with Crippen molar-refractivity contribution in [2.45, 2.75) is 18.2 Å². The second-order valence-corrected chi connectivity index (χ2v) is 8.38. The lowest BCUT2D eigenvalue weighted by atomic mass is 10.2. The van der Waals surface area contributed by atoms with Crippen molar-refractivity contribution in [1.29, 1.82) is 0 Å². The average Bonchev–Trinajstić information content (AvgIpc) is 2.96. The summed E-state index contributed by atoms with van der Waals surface area (Å²) in [6, 6.07) is 15.7. The van der Waals surface area contributed by atoms with Gasteiger partial charge in [0.05, 0.1) is 11.4 Å². The number of anilines is 1. The fourth-order valence-electron chi connectivity index (χ4n) is 2.23. The highest BCUT2D eigenvalue weighted by molar-refractivity contribution is 8.01. The van der Waals surface area contributed by atoms with E-state index in [2.05, 4.69) is 10.4 Å². The Labute approximate surface area is 159 Å². The molecule has 128 valence electrons. The number of hydrogen-bond acceptors (Lipinski definition) is 5. The molecule has 0 fully saturated rings. The van der Waals surface area contributed by atoms with E-state index in [1.165, 1.54) is 23.1 Å². The van der Waals surface area contributed by atoms with Crippen LogP contribution in [0.3, 0.4) is 0 Å². The first-order valence-corrected chi connectivity index (χ1v) is 9.89. The van der Waals surface area contributed by atoms with Crippen LogP contribution >= 0.6 is 35.3 Å². The summed E-state index contributed by atoms with van der Waals surface area (Å²) in [5.41, 5.74) is 4.04. The minimum absolute atomic E-state index is 0.0580. The number of carbonyl (C=O) groups excluding carboxylic acids is 1. The third-order valence-corrected chi connectivity index (χ3v) is 5.90. The van der Waals surface area contributed by atoms with Crippen LogP contribution in [0.15, 0.2) is 52.9 Å². The van der Waals surface area contributed by atoms with Crippen molar-refractivity contribution in [3.63, 3.8) is 0 Å². The Morgan fingerprint density at radius 1 is 1.20 bits per heavy atom. The fraction of sp³-hybridized carbons (Fsp3) is 0.167. The summed E-state index contributed by atoms with van der Waals surface area (Å²) >= 11 is 8.23. The summed E-state index contributed by atoms with van der Waals surface area (Å²) in [5.74, 6) is 0.238. The molecule has 25 heavy (non-hydrogen) atoms. The molecule has 0 aliphatic rings. The second kappa shape index (κ2) is 7.95. The molecule has 1 aromatic heterocycles. The molecule has 1 heterocycles. The molecule has 0 spiro atoms. The maximum absolute atomic E-state index is 12.1. The maximum Gasteiger partial charge on any atom is 0.234 e. The molecule has 0 bridgehead atoms. The Bertz CT molecular complexity index is 945. The zero-order valence-electron chi connectivity index (χ0n) is 13.9. The highest BCUT2D eigenvalue weighted by atomic mass is 32.2. The molecule has 4 nitrogen and oxygen atoms in total. The zero-order chi connectivity index (χ0) is 17.8. The quantitative estimate of drug-likeness (QED) is 0.494. The minimum Gasteiger partial charge on any atom is -0.325 e. The normalized spacial score (nSPS) is 10.6. The molecular weight excluding hydrogens is 370 g/mol. The number of nitrogens with zero attached hydrogens (tertiary/aromatic N) is 2. The van der Waals surface area contributed by atoms with Crippen molar-refractivity contribution in [3.05, 3.63) is 63.6 Å². The van der Waals surface area contributed by atoms with Gasteiger partial charge in [-0.3, -0.25) is 4.79 Å². The van der Waals surface area contributed by atoms with Gasteiger partial charge in [-0.1, -0.05) is 59.0 Å². The molecule has 0 saturated heterocycles. The Morgan fingerprint density at radius 2 is 1.92 bits per heavy atom. The molecule has 0 unspecified atom stereocenters. The van der Waals surface area contributed by atoms with Crippen LogP contribution in [0.5, 0.6) is 0 Å². The van der Waals surface area contributed by atoms with Gasteiger partial charge in [-0.25, -0.2) is 4.68 Å². The first-order chi connectivity index (χ1) is 12.0. The lowest BCUT2D eigenvalue weighted by molar-refractivity contribution is -0.113. The molecule has 0 aliphatic heterocycles. The van der Waals surface area contributed by atoms with E-state index in [9.17, 15) is 4.79 Å². The minimum atomic E-state index is -0.0580. The summed E-state index contributed by atoms with van der Waals surface area (Å²) in [4.78, 5) is 12.1. The maximum atomic E-state index is 12.1. The highest BCUT2D eigenvalue weighted by Gasteiger charge is 2.10. The Kier molecular flexibility index (Phi) is 5.67. The number of benzene rings is 2. The molecule has 3 aromatic rings. The molecule has 0 radical (unpaired) electrons. The van der Waals surface area contributed by atoms with Gasteiger partial charge in [-0.05, 0) is 49.8 Å². The zero-order valence-corrected chi connectivity index (χ0v) is 16.3. The van der Waals surface area contributed by atoms with Crippen LogP contribution in [0.25, 0.3) is 5.69 Å². The number of thioether (sulfide) groups is 1.